The maximum atomic E-state index is 6.42. The van der Waals surface area contributed by atoms with Gasteiger partial charge >= 0.3 is 0 Å². The molecule has 0 heterocycles. The molecular formula is C31H48N2O. The van der Waals surface area contributed by atoms with Gasteiger partial charge in [-0.3, -0.25) is 0 Å². The number of azo groups is 1. The first kappa shape index (κ1) is 28.1. The fraction of sp³-hybridized carbons (Fsp3) is 0.613. The highest BCUT2D eigenvalue weighted by Crippen LogP contribution is 2.39. The van der Waals surface area contributed by atoms with Gasteiger partial charge < -0.3 is 4.74 Å². The molecule has 0 saturated heterocycles. The molecular weight excluding hydrogens is 416 g/mol. The van der Waals surface area contributed by atoms with E-state index < -0.39 is 0 Å². The van der Waals surface area contributed by atoms with Crippen molar-refractivity contribution in [3.05, 3.63) is 53.1 Å². The molecule has 0 spiro atoms. The minimum Gasteiger partial charge on any atom is -0.493 e. The first-order valence-electron chi connectivity index (χ1n) is 13.7. The molecule has 188 valence electrons. The van der Waals surface area contributed by atoms with Crippen LogP contribution < -0.4 is 4.74 Å². The molecule has 0 fully saturated rings. The monoisotopic (exact) mass is 464 g/mol. The van der Waals surface area contributed by atoms with Gasteiger partial charge in [0.2, 0.25) is 0 Å². The Kier molecular flexibility index (Phi) is 13.0. The molecule has 2 rings (SSSR count). The number of unbranched alkanes of at least 4 members (excludes halogenated alkanes) is 9. The number of aryl methyl sites for hydroxylation is 1. The van der Waals surface area contributed by atoms with Gasteiger partial charge in [-0.2, -0.15) is 10.2 Å². The molecule has 0 aromatic heterocycles. The van der Waals surface area contributed by atoms with Crippen LogP contribution in [0.5, 0.6) is 5.75 Å². The lowest BCUT2D eigenvalue weighted by molar-refractivity contribution is 0.296. The van der Waals surface area contributed by atoms with Crippen molar-refractivity contribution in [1.82, 2.24) is 0 Å². The molecule has 3 nitrogen and oxygen atoms in total. The molecule has 0 radical (unpaired) electrons. The van der Waals surface area contributed by atoms with Crippen molar-refractivity contribution < 1.29 is 4.74 Å². The van der Waals surface area contributed by atoms with E-state index in [-0.39, 0.29) is 0 Å². The van der Waals surface area contributed by atoms with E-state index in [0.717, 1.165) is 30.2 Å². The van der Waals surface area contributed by atoms with Crippen LogP contribution in [0.3, 0.4) is 0 Å². The molecule has 0 aliphatic rings. The molecule has 0 bridgehead atoms. The van der Waals surface area contributed by atoms with Gasteiger partial charge in [-0.05, 0) is 60.6 Å². The Balaban J connectivity index is 1.94. The third-order valence-electron chi connectivity index (χ3n) is 6.43. The van der Waals surface area contributed by atoms with Crippen molar-refractivity contribution >= 4 is 11.4 Å². The summed E-state index contributed by atoms with van der Waals surface area (Å²) in [6.07, 6.45) is 13.4. The van der Waals surface area contributed by atoms with Gasteiger partial charge in [0.25, 0.3) is 0 Å². The summed E-state index contributed by atoms with van der Waals surface area (Å²) in [5, 5.41) is 9.03. The molecule has 0 unspecified atom stereocenters. The van der Waals surface area contributed by atoms with Crippen LogP contribution in [0, 0.1) is 6.92 Å². The third kappa shape index (κ3) is 9.99. The largest absolute Gasteiger partial charge is 0.493 e. The van der Waals surface area contributed by atoms with E-state index >= 15 is 0 Å². The molecule has 34 heavy (non-hydrogen) atoms. The topological polar surface area (TPSA) is 34.0 Å². The van der Waals surface area contributed by atoms with Crippen LogP contribution in [0.4, 0.5) is 11.4 Å². The van der Waals surface area contributed by atoms with Crippen molar-refractivity contribution in [2.24, 2.45) is 10.2 Å². The predicted octanol–water partition coefficient (Wildman–Crippen LogP) is 11.0. The fourth-order valence-corrected chi connectivity index (χ4v) is 4.23. The van der Waals surface area contributed by atoms with Crippen LogP contribution in [0.15, 0.2) is 46.6 Å². The fourth-order valence-electron chi connectivity index (χ4n) is 4.23. The lowest BCUT2D eigenvalue weighted by Crippen LogP contribution is -2.06. The van der Waals surface area contributed by atoms with Crippen LogP contribution in [0.1, 0.15) is 127 Å². The van der Waals surface area contributed by atoms with Gasteiger partial charge in [-0.15, -0.1) is 0 Å². The lowest BCUT2D eigenvalue weighted by atomic mass is 9.93. The van der Waals surface area contributed by atoms with Crippen molar-refractivity contribution in [3.8, 4) is 5.75 Å². The maximum absolute atomic E-state index is 6.42. The number of hydrogen-bond acceptors (Lipinski definition) is 3. The lowest BCUT2D eigenvalue weighted by Gasteiger charge is -2.21. The summed E-state index contributed by atoms with van der Waals surface area (Å²) in [6.45, 7) is 14.1. The van der Waals surface area contributed by atoms with Gasteiger partial charge in [0.05, 0.1) is 18.0 Å². The zero-order valence-electron chi connectivity index (χ0n) is 22.7. The summed E-state index contributed by atoms with van der Waals surface area (Å²) in [5.41, 5.74) is 5.47. The molecule has 3 heteroatoms. The number of ether oxygens (including phenoxy) is 1. The van der Waals surface area contributed by atoms with Crippen molar-refractivity contribution in [2.45, 2.75) is 118 Å². The van der Waals surface area contributed by atoms with Crippen molar-refractivity contribution in [2.75, 3.05) is 6.61 Å². The van der Waals surface area contributed by atoms with Crippen molar-refractivity contribution in [1.29, 1.82) is 0 Å². The average molecular weight is 465 g/mol. The first-order chi connectivity index (χ1) is 16.4. The van der Waals surface area contributed by atoms with Crippen LogP contribution in [0.25, 0.3) is 0 Å². The van der Waals surface area contributed by atoms with Gasteiger partial charge in [0, 0.05) is 0 Å². The Labute approximate surface area is 209 Å². The highest BCUT2D eigenvalue weighted by molar-refractivity contribution is 5.55. The summed E-state index contributed by atoms with van der Waals surface area (Å²) in [4.78, 5) is 0. The Morgan fingerprint density at radius 1 is 0.647 bits per heavy atom. The number of benzene rings is 2. The molecule has 2 aromatic carbocycles. The van der Waals surface area contributed by atoms with Crippen LogP contribution >= 0.6 is 0 Å². The van der Waals surface area contributed by atoms with Crippen LogP contribution in [-0.4, -0.2) is 6.61 Å². The second kappa shape index (κ2) is 15.7. The molecule has 0 saturated carbocycles. The predicted molar refractivity (Wildman–Crippen MR) is 147 cm³/mol. The molecule has 0 aliphatic carbocycles. The van der Waals surface area contributed by atoms with E-state index in [4.69, 9.17) is 4.74 Å². The highest BCUT2D eigenvalue weighted by Gasteiger charge is 2.17. The number of rotatable bonds is 16. The molecule has 0 amide bonds. The Morgan fingerprint density at radius 3 is 1.62 bits per heavy atom. The highest BCUT2D eigenvalue weighted by atomic mass is 16.5. The first-order valence-corrected chi connectivity index (χ1v) is 13.7. The summed E-state index contributed by atoms with van der Waals surface area (Å²) < 4.78 is 6.42. The summed E-state index contributed by atoms with van der Waals surface area (Å²) in [7, 11) is 0. The quantitative estimate of drug-likeness (QED) is 0.180. The van der Waals surface area contributed by atoms with E-state index in [1.54, 1.807) is 0 Å². The zero-order valence-corrected chi connectivity index (χ0v) is 22.7. The van der Waals surface area contributed by atoms with Crippen LogP contribution in [-0.2, 0) is 0 Å². The van der Waals surface area contributed by atoms with E-state index in [1.165, 1.54) is 74.5 Å². The Hall–Kier alpha value is -2.16. The van der Waals surface area contributed by atoms with Crippen LogP contribution in [0.2, 0.25) is 0 Å². The number of hydrogen-bond donors (Lipinski definition) is 0. The zero-order chi connectivity index (χ0) is 24.8. The van der Waals surface area contributed by atoms with Gasteiger partial charge in [-0.25, -0.2) is 0 Å². The van der Waals surface area contributed by atoms with E-state index in [1.807, 2.05) is 12.1 Å². The molecule has 2 aromatic rings. The SMILES string of the molecule is CCCCCCCCCCCCOc1c(C(C)C)cc(/N=N/c2ccc(C)cc2)cc1C(C)C. The molecule has 0 aliphatic heterocycles. The van der Waals surface area contributed by atoms with E-state index in [2.05, 4.69) is 76.0 Å². The van der Waals surface area contributed by atoms with E-state index in [9.17, 15) is 0 Å². The minimum absolute atomic E-state index is 0.370. The molecule has 0 atom stereocenters. The smallest absolute Gasteiger partial charge is 0.126 e. The van der Waals surface area contributed by atoms with Gasteiger partial charge in [0.15, 0.2) is 0 Å². The van der Waals surface area contributed by atoms with E-state index in [0.29, 0.717) is 11.8 Å². The summed E-state index contributed by atoms with van der Waals surface area (Å²) in [5.74, 6) is 1.81. The Morgan fingerprint density at radius 2 is 1.12 bits per heavy atom. The van der Waals surface area contributed by atoms with Gasteiger partial charge in [-0.1, -0.05) is 110 Å². The second-order valence-electron chi connectivity index (χ2n) is 10.3. The standard InChI is InChI=1S/C31H48N2O/c1-7-8-9-10-11-12-13-14-15-16-21-34-31-29(24(2)3)22-28(23-30(31)25(4)5)33-32-27-19-17-26(6)18-20-27/h17-20,22-25H,7-16,21H2,1-6H3/b33-32+. The minimum atomic E-state index is 0.370. The summed E-state index contributed by atoms with van der Waals surface area (Å²) in [6, 6.07) is 12.5. The second-order valence-corrected chi connectivity index (χ2v) is 10.3. The summed E-state index contributed by atoms with van der Waals surface area (Å²) >= 11 is 0. The van der Waals surface area contributed by atoms with Gasteiger partial charge in [0.1, 0.15) is 5.75 Å². The molecule has 0 N–H and O–H groups in total. The maximum Gasteiger partial charge on any atom is 0.126 e. The normalized spacial score (nSPS) is 11.8. The average Bonchev–Trinajstić information content (AvgIpc) is 2.82. The Bertz CT molecular complexity index is 823. The van der Waals surface area contributed by atoms with Crippen molar-refractivity contribution in [3.63, 3.8) is 0 Å². The third-order valence-corrected chi connectivity index (χ3v) is 6.43. The number of nitrogens with zero attached hydrogens (tertiary/aromatic N) is 2.